The van der Waals surface area contributed by atoms with Gasteiger partial charge in [-0.15, -0.1) is 0 Å². The molecule has 11 heavy (non-hydrogen) atoms. The van der Waals surface area contributed by atoms with Gasteiger partial charge in [0.2, 0.25) is 12.6 Å². The Hall–Kier alpha value is -1.27. The number of hydrogen-bond donors (Lipinski definition) is 3. The summed E-state index contributed by atoms with van der Waals surface area (Å²) in [7, 11) is 0. The monoisotopic (exact) mass is 164 g/mol. The van der Waals surface area contributed by atoms with Gasteiger partial charge in [0.1, 0.15) is 0 Å². The molecule has 0 saturated heterocycles. The van der Waals surface area contributed by atoms with Gasteiger partial charge in [0, 0.05) is 0 Å². The maximum Gasteiger partial charge on any atom is 0.368 e. The van der Waals surface area contributed by atoms with E-state index in [1.807, 2.05) is 0 Å². The molecule has 0 unspecified atom stereocenters. The predicted molar refractivity (Wildman–Crippen MR) is 32.6 cm³/mol. The molecule has 6 nitrogen and oxygen atoms in total. The molecule has 0 bridgehead atoms. The Bertz CT molecular complexity index is 149. The van der Waals surface area contributed by atoms with Gasteiger partial charge < -0.3 is 15.3 Å². The zero-order valence-corrected chi connectivity index (χ0v) is 5.72. The molecular weight excluding hydrogens is 156 g/mol. The molecule has 0 rings (SSSR count). The topological polar surface area (TPSA) is 112 Å². The van der Waals surface area contributed by atoms with Crippen molar-refractivity contribution in [1.82, 2.24) is 0 Å². The molecule has 0 aromatic rings. The maximum atomic E-state index is 9.64. The number of carboxylic acid groups (broad SMARTS) is 1. The molecule has 64 valence electrons. The van der Waals surface area contributed by atoms with E-state index in [1.165, 1.54) is 0 Å². The number of carboxylic acids is 1. The third-order valence-electron chi connectivity index (χ3n) is 0.464. The minimum Gasteiger partial charge on any atom is -0.476 e. The first-order valence-electron chi connectivity index (χ1n) is 2.46. The van der Waals surface area contributed by atoms with Crippen molar-refractivity contribution in [3.8, 4) is 0 Å². The summed E-state index contributed by atoms with van der Waals surface area (Å²) in [4.78, 5) is 27.5. The molecule has 3 N–H and O–H groups in total. The Morgan fingerprint density at radius 3 is 1.55 bits per heavy atom. The van der Waals surface area contributed by atoms with Crippen LogP contribution in [0.5, 0.6) is 0 Å². The van der Waals surface area contributed by atoms with Gasteiger partial charge in [0.05, 0.1) is 0 Å². The lowest BCUT2D eigenvalue weighted by molar-refractivity contribution is -0.143. The Balaban J connectivity index is 0. The number of rotatable bonds is 2. The van der Waals surface area contributed by atoms with E-state index in [2.05, 4.69) is 0 Å². The predicted octanol–water partition coefficient (Wildman–Crippen LogP) is -1.84. The van der Waals surface area contributed by atoms with E-state index in [0.29, 0.717) is 0 Å². The van der Waals surface area contributed by atoms with Gasteiger partial charge in [-0.1, -0.05) is 0 Å². The minimum absolute atomic E-state index is 0.167. The van der Waals surface area contributed by atoms with E-state index >= 15 is 0 Å². The molecule has 0 atom stereocenters. The maximum absolute atomic E-state index is 9.64. The largest absolute Gasteiger partial charge is 0.476 e. The number of ketones is 1. The lowest BCUT2D eigenvalue weighted by atomic mass is 10.4. The van der Waals surface area contributed by atoms with Gasteiger partial charge in [-0.3, -0.25) is 9.59 Å². The summed E-state index contributed by atoms with van der Waals surface area (Å²) >= 11 is 0. The highest BCUT2D eigenvalue weighted by Gasteiger charge is 1.99. The summed E-state index contributed by atoms with van der Waals surface area (Å²) in [6.45, 7) is 1.10. The summed E-state index contributed by atoms with van der Waals surface area (Å²) in [6, 6.07) is 0. The van der Waals surface area contributed by atoms with Crippen molar-refractivity contribution in [2.24, 2.45) is 0 Å². The smallest absolute Gasteiger partial charge is 0.368 e. The fourth-order valence-electron chi connectivity index (χ4n) is 0. The third-order valence-corrected chi connectivity index (χ3v) is 0.464. The van der Waals surface area contributed by atoms with Crippen molar-refractivity contribution in [2.45, 2.75) is 13.2 Å². The first-order chi connectivity index (χ1) is 4.91. The standard InChI is InChI=1S/C3H6O3.C2H2O3/c1-2(4)3(5)6;3-1-2(4)5/h3,5-6H,1H3;1H,(H,4,5). The van der Waals surface area contributed by atoms with Gasteiger partial charge >= 0.3 is 5.97 Å². The van der Waals surface area contributed by atoms with Crippen LogP contribution in [0.15, 0.2) is 0 Å². The van der Waals surface area contributed by atoms with Crippen molar-refractivity contribution in [1.29, 1.82) is 0 Å². The molecule has 6 heteroatoms. The van der Waals surface area contributed by atoms with E-state index in [1.54, 1.807) is 0 Å². The fraction of sp³-hybridized carbons (Fsp3) is 0.400. The van der Waals surface area contributed by atoms with Crippen molar-refractivity contribution in [2.75, 3.05) is 0 Å². The second kappa shape index (κ2) is 6.84. The first-order valence-corrected chi connectivity index (χ1v) is 2.46. The summed E-state index contributed by atoms with van der Waals surface area (Å²) in [5.74, 6) is -2.06. The molecule has 0 spiro atoms. The van der Waals surface area contributed by atoms with Crippen LogP contribution in [0.1, 0.15) is 6.92 Å². The normalized spacial score (nSPS) is 8.00. The summed E-state index contributed by atoms with van der Waals surface area (Å²) in [5, 5.41) is 23.0. The first kappa shape index (κ1) is 12.4. The zero-order chi connectivity index (χ0) is 9.44. The van der Waals surface area contributed by atoms with Crippen molar-refractivity contribution in [3.63, 3.8) is 0 Å². The number of aliphatic hydroxyl groups is 2. The summed E-state index contributed by atoms with van der Waals surface area (Å²) in [6.07, 6.45) is -1.95. The van der Waals surface area contributed by atoms with Crippen LogP contribution in [-0.2, 0) is 14.4 Å². The number of aliphatic carboxylic acids is 1. The van der Waals surface area contributed by atoms with Crippen LogP contribution >= 0.6 is 0 Å². The van der Waals surface area contributed by atoms with Crippen LogP contribution in [0, 0.1) is 0 Å². The van der Waals surface area contributed by atoms with Gasteiger partial charge in [-0.2, -0.15) is 0 Å². The Kier molecular flexibility index (Phi) is 7.72. The van der Waals surface area contributed by atoms with Crippen LogP contribution in [0.4, 0.5) is 0 Å². The van der Waals surface area contributed by atoms with Gasteiger partial charge in [0.15, 0.2) is 5.78 Å². The van der Waals surface area contributed by atoms with Crippen LogP contribution in [-0.4, -0.2) is 39.6 Å². The van der Waals surface area contributed by atoms with Crippen molar-refractivity contribution in [3.05, 3.63) is 0 Å². The number of Topliss-reactive ketones (excluding diaryl/α,β-unsaturated/α-hetero) is 1. The number of carbonyl (C=O) groups excluding carboxylic acids is 2. The average molecular weight is 164 g/mol. The third kappa shape index (κ3) is 17.7. The number of carbonyl (C=O) groups is 3. The second-order valence-corrected chi connectivity index (χ2v) is 1.44. The zero-order valence-electron chi connectivity index (χ0n) is 5.72. The van der Waals surface area contributed by atoms with Crippen molar-refractivity contribution < 1.29 is 29.7 Å². The molecule has 0 heterocycles. The SMILES string of the molecule is CC(=O)C(O)O.O=CC(=O)O. The summed E-state index contributed by atoms with van der Waals surface area (Å²) < 4.78 is 0. The highest BCUT2D eigenvalue weighted by Crippen LogP contribution is 1.72. The van der Waals surface area contributed by atoms with Gasteiger partial charge in [0.25, 0.3) is 0 Å². The molecule has 0 aromatic heterocycles. The molecule has 0 aromatic carbocycles. The quantitative estimate of drug-likeness (QED) is 0.251. The molecule has 0 aliphatic rings. The van der Waals surface area contributed by atoms with Gasteiger partial charge in [-0.05, 0) is 6.92 Å². The number of aldehydes is 1. The van der Waals surface area contributed by atoms with Crippen LogP contribution in [0.2, 0.25) is 0 Å². The molecule has 0 radical (unpaired) electrons. The van der Waals surface area contributed by atoms with E-state index in [4.69, 9.17) is 24.9 Å². The molecule has 0 amide bonds. The lowest BCUT2D eigenvalue weighted by Gasteiger charge is -1.90. The van der Waals surface area contributed by atoms with Crippen LogP contribution < -0.4 is 0 Å². The van der Waals surface area contributed by atoms with E-state index < -0.39 is 18.0 Å². The Labute approximate surface area is 62.1 Å². The van der Waals surface area contributed by atoms with Crippen molar-refractivity contribution >= 4 is 18.0 Å². The van der Waals surface area contributed by atoms with Gasteiger partial charge in [-0.25, -0.2) is 4.79 Å². The van der Waals surface area contributed by atoms with Crippen LogP contribution in [0.3, 0.4) is 0 Å². The van der Waals surface area contributed by atoms with Crippen LogP contribution in [0.25, 0.3) is 0 Å². The fourth-order valence-corrected chi connectivity index (χ4v) is 0. The molecule has 0 aliphatic heterocycles. The number of hydrogen-bond acceptors (Lipinski definition) is 5. The molecular formula is C5H8O6. The average Bonchev–Trinajstić information content (AvgIpc) is 1.89. The Morgan fingerprint density at radius 2 is 1.55 bits per heavy atom. The molecule has 0 aliphatic carbocycles. The van der Waals surface area contributed by atoms with E-state index in [0.717, 1.165) is 6.92 Å². The molecule has 0 saturated carbocycles. The molecule has 0 fully saturated rings. The highest BCUT2D eigenvalue weighted by molar-refractivity contribution is 6.19. The second-order valence-electron chi connectivity index (χ2n) is 1.44. The highest BCUT2D eigenvalue weighted by atomic mass is 16.5. The summed E-state index contributed by atoms with van der Waals surface area (Å²) in [5.41, 5.74) is 0. The number of aliphatic hydroxyl groups excluding tert-OH is 1. The van der Waals surface area contributed by atoms with E-state index in [-0.39, 0.29) is 6.29 Å². The van der Waals surface area contributed by atoms with E-state index in [9.17, 15) is 4.79 Å². The lowest BCUT2D eigenvalue weighted by Crippen LogP contribution is -2.14. The Morgan fingerprint density at radius 1 is 1.36 bits per heavy atom. The minimum atomic E-state index is -1.79.